The molecule has 2 unspecified atom stereocenters. The molecule has 2 atom stereocenters. The van der Waals surface area contributed by atoms with Crippen molar-refractivity contribution in [1.82, 2.24) is 14.9 Å². The van der Waals surface area contributed by atoms with Crippen LogP contribution in [0.1, 0.15) is 49.7 Å². The predicted molar refractivity (Wildman–Crippen MR) is 153 cm³/mol. The number of carbonyl (C=O) groups is 2. The van der Waals surface area contributed by atoms with E-state index in [2.05, 4.69) is 32.5 Å². The highest BCUT2D eigenvalue weighted by atomic mass is 19.4. The standard InChI is InChI=1S/C30H31F3N6O3/c1-4-27(41)35-20-6-5-7-21(15-20)36-28-24(30(31,32)33)16-34-29(38-28)37-25-11-8-18(14-26(25)42-3)19-12-22-9-10-23(13-19)39(22)17(2)40/h4-8,11,14-16,19,22-23H,1,9-10,12-13H2,2-3H3,(H,35,41)(H2,34,36,37,38). The summed E-state index contributed by atoms with van der Waals surface area (Å²) in [6, 6.07) is 12.4. The van der Waals surface area contributed by atoms with Crippen molar-refractivity contribution in [1.29, 1.82) is 0 Å². The minimum Gasteiger partial charge on any atom is -0.495 e. The van der Waals surface area contributed by atoms with Crippen LogP contribution in [0.15, 0.2) is 61.3 Å². The molecule has 42 heavy (non-hydrogen) atoms. The third-order valence-electron chi connectivity index (χ3n) is 7.71. The maximum Gasteiger partial charge on any atom is 0.421 e. The van der Waals surface area contributed by atoms with Crippen molar-refractivity contribution in [3.63, 3.8) is 0 Å². The first-order valence-corrected chi connectivity index (χ1v) is 13.5. The maximum absolute atomic E-state index is 13.8. The first-order chi connectivity index (χ1) is 20.0. The zero-order chi connectivity index (χ0) is 30.0. The van der Waals surface area contributed by atoms with Gasteiger partial charge in [-0.15, -0.1) is 0 Å². The third kappa shape index (κ3) is 6.17. The van der Waals surface area contributed by atoms with Gasteiger partial charge >= 0.3 is 6.18 Å². The van der Waals surface area contributed by atoms with Crippen molar-refractivity contribution in [2.24, 2.45) is 0 Å². The molecular formula is C30H31F3N6O3. The molecule has 220 valence electrons. The van der Waals surface area contributed by atoms with Crippen LogP contribution in [0.2, 0.25) is 0 Å². The monoisotopic (exact) mass is 580 g/mol. The van der Waals surface area contributed by atoms with Crippen molar-refractivity contribution in [2.75, 3.05) is 23.1 Å². The van der Waals surface area contributed by atoms with Crippen molar-refractivity contribution in [3.05, 3.63) is 72.4 Å². The van der Waals surface area contributed by atoms with Gasteiger partial charge in [0.05, 0.1) is 12.8 Å². The third-order valence-corrected chi connectivity index (χ3v) is 7.71. The lowest BCUT2D eigenvalue weighted by Gasteiger charge is -2.38. The molecule has 0 spiro atoms. The molecule has 2 saturated heterocycles. The van der Waals surface area contributed by atoms with Crippen LogP contribution in [-0.2, 0) is 15.8 Å². The summed E-state index contributed by atoms with van der Waals surface area (Å²) in [5.41, 5.74) is 1.17. The van der Waals surface area contributed by atoms with Crippen LogP contribution in [0.5, 0.6) is 5.75 Å². The second kappa shape index (κ2) is 11.7. The number of fused-ring (bicyclic) bond motifs is 2. The summed E-state index contributed by atoms with van der Waals surface area (Å²) >= 11 is 0. The molecule has 3 heterocycles. The second-order valence-electron chi connectivity index (χ2n) is 10.4. The molecule has 3 N–H and O–H groups in total. The molecular weight excluding hydrogens is 549 g/mol. The molecule has 9 nitrogen and oxygen atoms in total. The van der Waals surface area contributed by atoms with Gasteiger partial charge in [0, 0.05) is 36.6 Å². The summed E-state index contributed by atoms with van der Waals surface area (Å²) in [4.78, 5) is 33.8. The van der Waals surface area contributed by atoms with Crippen LogP contribution in [0, 0.1) is 0 Å². The number of alkyl halides is 3. The van der Waals surface area contributed by atoms with E-state index in [4.69, 9.17) is 4.74 Å². The zero-order valence-corrected chi connectivity index (χ0v) is 23.2. The molecule has 0 saturated carbocycles. The van der Waals surface area contributed by atoms with Crippen molar-refractivity contribution in [3.8, 4) is 5.75 Å². The smallest absolute Gasteiger partial charge is 0.421 e. The Kier molecular flexibility index (Phi) is 8.06. The minimum absolute atomic E-state index is 0.0690. The number of anilines is 5. The lowest BCUT2D eigenvalue weighted by molar-refractivity contribution is -0.137. The average molecular weight is 581 g/mol. The van der Waals surface area contributed by atoms with Crippen LogP contribution >= 0.6 is 0 Å². The number of halogens is 3. The van der Waals surface area contributed by atoms with Gasteiger partial charge in [0.2, 0.25) is 17.8 Å². The summed E-state index contributed by atoms with van der Waals surface area (Å²) in [5.74, 6) is -0.0965. The van der Waals surface area contributed by atoms with E-state index in [1.54, 1.807) is 31.2 Å². The molecule has 0 aliphatic carbocycles. The van der Waals surface area contributed by atoms with Gasteiger partial charge in [-0.05, 0) is 73.6 Å². The lowest BCUT2D eigenvalue weighted by atomic mass is 9.85. The number of nitrogens with zero attached hydrogens (tertiary/aromatic N) is 3. The number of nitrogens with one attached hydrogen (secondary N) is 3. The fourth-order valence-corrected chi connectivity index (χ4v) is 5.90. The minimum atomic E-state index is -4.72. The molecule has 0 radical (unpaired) electrons. The molecule has 2 aromatic carbocycles. The van der Waals surface area contributed by atoms with Gasteiger partial charge in [-0.1, -0.05) is 18.7 Å². The van der Waals surface area contributed by atoms with E-state index in [1.165, 1.54) is 13.2 Å². The van der Waals surface area contributed by atoms with Gasteiger partial charge in [0.1, 0.15) is 17.1 Å². The second-order valence-corrected chi connectivity index (χ2v) is 10.4. The fraction of sp³-hybridized carbons (Fsp3) is 0.333. The summed E-state index contributed by atoms with van der Waals surface area (Å²) in [6.07, 6.45) is 0.849. The summed E-state index contributed by atoms with van der Waals surface area (Å²) in [6.45, 7) is 5.01. The van der Waals surface area contributed by atoms with Crippen LogP contribution in [0.3, 0.4) is 0 Å². The Morgan fingerprint density at radius 2 is 1.79 bits per heavy atom. The number of aromatic nitrogens is 2. The Labute approximate surface area is 241 Å². The number of amides is 2. The van der Waals surface area contributed by atoms with Crippen LogP contribution in [0.25, 0.3) is 0 Å². The van der Waals surface area contributed by atoms with Gasteiger partial charge in [-0.2, -0.15) is 18.2 Å². The highest BCUT2D eigenvalue weighted by molar-refractivity contribution is 5.99. The van der Waals surface area contributed by atoms with E-state index in [0.29, 0.717) is 23.3 Å². The van der Waals surface area contributed by atoms with Crippen LogP contribution in [-0.4, -0.2) is 45.9 Å². The number of methoxy groups -OCH3 is 1. The zero-order valence-electron chi connectivity index (χ0n) is 23.2. The maximum atomic E-state index is 13.8. The quantitative estimate of drug-likeness (QED) is 0.266. The summed E-state index contributed by atoms with van der Waals surface area (Å²) < 4.78 is 47.1. The van der Waals surface area contributed by atoms with E-state index in [0.717, 1.165) is 37.3 Å². The van der Waals surface area contributed by atoms with Crippen LogP contribution in [0.4, 0.5) is 42.0 Å². The van der Waals surface area contributed by atoms with Gasteiger partial charge in [0.15, 0.2) is 0 Å². The number of piperidine rings is 1. The molecule has 2 aliphatic rings. The fourth-order valence-electron chi connectivity index (χ4n) is 5.90. The summed E-state index contributed by atoms with van der Waals surface area (Å²) in [5, 5.41) is 8.24. The van der Waals surface area contributed by atoms with Crippen LogP contribution < -0.4 is 20.7 Å². The first kappa shape index (κ1) is 28.9. The predicted octanol–water partition coefficient (Wildman–Crippen LogP) is 6.37. The first-order valence-electron chi connectivity index (χ1n) is 13.5. The Morgan fingerprint density at radius 1 is 1.07 bits per heavy atom. The normalized spacial score (nSPS) is 19.6. The Morgan fingerprint density at radius 3 is 2.43 bits per heavy atom. The molecule has 2 bridgehead atoms. The lowest BCUT2D eigenvalue weighted by Crippen LogP contribution is -2.44. The van der Waals surface area contributed by atoms with Gasteiger partial charge in [-0.25, -0.2) is 4.98 Å². The molecule has 2 amide bonds. The number of carbonyl (C=O) groups excluding carboxylic acids is 2. The molecule has 2 aliphatic heterocycles. The number of rotatable bonds is 8. The highest BCUT2D eigenvalue weighted by Crippen LogP contribution is 2.44. The topological polar surface area (TPSA) is 108 Å². The summed E-state index contributed by atoms with van der Waals surface area (Å²) in [7, 11) is 1.52. The molecule has 2 fully saturated rings. The van der Waals surface area contributed by atoms with E-state index in [9.17, 15) is 22.8 Å². The Hall–Kier alpha value is -4.61. The average Bonchev–Trinajstić information content (AvgIpc) is 3.22. The number of ether oxygens (including phenoxy) is 1. The van der Waals surface area contributed by atoms with Crippen molar-refractivity contribution < 1.29 is 27.5 Å². The highest BCUT2D eigenvalue weighted by Gasteiger charge is 2.42. The van der Waals surface area contributed by atoms with Crippen molar-refractivity contribution >= 4 is 40.6 Å². The van der Waals surface area contributed by atoms with E-state index in [1.807, 2.05) is 17.0 Å². The number of benzene rings is 2. The van der Waals surface area contributed by atoms with E-state index >= 15 is 0 Å². The van der Waals surface area contributed by atoms with Gasteiger partial charge < -0.3 is 25.6 Å². The van der Waals surface area contributed by atoms with E-state index < -0.39 is 23.5 Å². The SMILES string of the molecule is C=CC(=O)Nc1cccc(Nc2nc(Nc3ccc(C4CC5CCC(C4)N5C(C)=O)cc3OC)ncc2C(F)(F)F)c1. The number of hydrogen-bond acceptors (Lipinski definition) is 7. The van der Waals surface area contributed by atoms with Crippen molar-refractivity contribution in [2.45, 2.75) is 56.8 Å². The molecule has 12 heteroatoms. The molecule has 3 aromatic rings. The number of hydrogen-bond donors (Lipinski definition) is 3. The van der Waals surface area contributed by atoms with Gasteiger partial charge in [0.25, 0.3) is 0 Å². The Bertz CT molecular complexity index is 1500. The van der Waals surface area contributed by atoms with Gasteiger partial charge in [-0.3, -0.25) is 9.59 Å². The molecule has 1 aromatic heterocycles. The largest absolute Gasteiger partial charge is 0.495 e. The Balaban J connectivity index is 1.38. The molecule has 5 rings (SSSR count). The van der Waals surface area contributed by atoms with E-state index in [-0.39, 0.29) is 35.5 Å².